The van der Waals surface area contributed by atoms with Crippen molar-refractivity contribution in [1.82, 2.24) is 4.31 Å². The molecule has 0 bridgehead atoms. The summed E-state index contributed by atoms with van der Waals surface area (Å²) in [6, 6.07) is 14.7. The highest BCUT2D eigenvalue weighted by molar-refractivity contribution is 7.89. The Hall–Kier alpha value is -2.80. The zero-order valence-electron chi connectivity index (χ0n) is 12.0. The van der Waals surface area contributed by atoms with Gasteiger partial charge in [-0.2, -0.15) is 0 Å². The van der Waals surface area contributed by atoms with Gasteiger partial charge in [-0.3, -0.25) is 9.10 Å². The van der Waals surface area contributed by atoms with E-state index in [9.17, 15) is 18.3 Å². The minimum atomic E-state index is -3.99. The number of hydrogen-bond donors (Lipinski definition) is 2. The summed E-state index contributed by atoms with van der Waals surface area (Å²) in [6.45, 7) is -0.0974. The molecule has 0 saturated heterocycles. The fourth-order valence-corrected chi connectivity index (χ4v) is 4.19. The predicted molar refractivity (Wildman–Crippen MR) is 84.4 cm³/mol. The van der Waals surface area contributed by atoms with Gasteiger partial charge < -0.3 is 10.8 Å². The van der Waals surface area contributed by atoms with E-state index in [4.69, 9.17) is 5.73 Å². The summed E-state index contributed by atoms with van der Waals surface area (Å²) >= 11 is 0. The summed E-state index contributed by atoms with van der Waals surface area (Å²) < 4.78 is 26.5. The van der Waals surface area contributed by atoms with E-state index >= 15 is 0 Å². The summed E-state index contributed by atoms with van der Waals surface area (Å²) in [5, 5.41) is 10.3. The first-order valence-electron chi connectivity index (χ1n) is 6.82. The van der Waals surface area contributed by atoms with Crippen molar-refractivity contribution >= 4 is 21.7 Å². The van der Waals surface area contributed by atoms with Gasteiger partial charge in [0.15, 0.2) is 11.5 Å². The number of sulfonamides is 1. The molecule has 6 nitrogen and oxygen atoms in total. The molecule has 1 amide bonds. The van der Waals surface area contributed by atoms with Crippen molar-refractivity contribution < 1.29 is 18.3 Å². The van der Waals surface area contributed by atoms with E-state index in [0.29, 0.717) is 5.56 Å². The number of amides is 1. The van der Waals surface area contributed by atoms with Crippen molar-refractivity contribution in [3.8, 4) is 0 Å². The number of nitrogens with zero attached hydrogens (tertiary/aromatic N) is 1. The van der Waals surface area contributed by atoms with Crippen LogP contribution < -0.4 is 5.73 Å². The van der Waals surface area contributed by atoms with Gasteiger partial charge in [-0.25, -0.2) is 8.42 Å². The normalized spacial score (nSPS) is 16.1. The summed E-state index contributed by atoms with van der Waals surface area (Å²) in [4.78, 5) is 11.7. The third kappa shape index (κ3) is 2.44. The molecular weight excluding hydrogens is 316 g/mol. The highest BCUT2D eigenvalue weighted by Crippen LogP contribution is 2.36. The Balaban J connectivity index is 2.22. The van der Waals surface area contributed by atoms with E-state index in [2.05, 4.69) is 0 Å². The highest BCUT2D eigenvalue weighted by Gasteiger charge is 2.39. The van der Waals surface area contributed by atoms with Crippen LogP contribution in [-0.4, -0.2) is 23.7 Å². The zero-order chi connectivity index (χ0) is 16.6. The smallest absolute Gasteiger partial charge is 0.269 e. The average Bonchev–Trinajstić information content (AvgIpc) is 2.53. The lowest BCUT2D eigenvalue weighted by Gasteiger charge is -2.30. The van der Waals surface area contributed by atoms with Crippen LogP contribution in [-0.2, 0) is 21.4 Å². The van der Waals surface area contributed by atoms with Gasteiger partial charge in [-0.05, 0) is 17.7 Å². The molecule has 3 rings (SSSR count). The molecule has 0 fully saturated rings. The van der Waals surface area contributed by atoms with Crippen molar-refractivity contribution in [1.29, 1.82) is 0 Å². The number of carbonyl (C=O) groups excluding carboxylic acids is 1. The van der Waals surface area contributed by atoms with Gasteiger partial charge >= 0.3 is 0 Å². The lowest BCUT2D eigenvalue weighted by atomic mass is 10.1. The minimum Gasteiger partial charge on any atom is -0.505 e. The van der Waals surface area contributed by atoms with Gasteiger partial charge in [0, 0.05) is 5.56 Å². The van der Waals surface area contributed by atoms with Gasteiger partial charge in [0.1, 0.15) is 0 Å². The van der Waals surface area contributed by atoms with Crippen molar-refractivity contribution in [2.75, 3.05) is 0 Å². The Bertz CT molecular complexity index is 905. The Morgan fingerprint density at radius 3 is 2.30 bits per heavy atom. The topological polar surface area (TPSA) is 101 Å². The number of fused-ring (bicyclic) bond motifs is 1. The highest BCUT2D eigenvalue weighted by atomic mass is 32.2. The van der Waals surface area contributed by atoms with Gasteiger partial charge in [-0.15, -0.1) is 0 Å². The number of hydrogen-bond acceptors (Lipinski definition) is 4. The zero-order valence-corrected chi connectivity index (χ0v) is 12.8. The third-order valence-corrected chi connectivity index (χ3v) is 5.39. The van der Waals surface area contributed by atoms with Crippen LogP contribution in [0.5, 0.6) is 0 Å². The van der Waals surface area contributed by atoms with Crippen LogP contribution in [0.2, 0.25) is 0 Å². The van der Waals surface area contributed by atoms with Crippen LogP contribution in [0.4, 0.5) is 0 Å². The SMILES string of the molecule is NC(=O)C1=C(O)c2ccccc2S(=O)(=O)N1Cc1ccccc1. The van der Waals surface area contributed by atoms with Gasteiger partial charge in [0.25, 0.3) is 15.9 Å². The van der Waals surface area contributed by atoms with Crippen LogP contribution >= 0.6 is 0 Å². The summed E-state index contributed by atoms with van der Waals surface area (Å²) in [7, 11) is -3.99. The molecule has 7 heteroatoms. The molecule has 2 aromatic rings. The number of aliphatic hydroxyl groups is 1. The maximum Gasteiger partial charge on any atom is 0.269 e. The Morgan fingerprint density at radius 1 is 1.04 bits per heavy atom. The third-order valence-electron chi connectivity index (χ3n) is 3.59. The number of primary amides is 1. The quantitative estimate of drug-likeness (QED) is 0.892. The van der Waals surface area contributed by atoms with Crippen molar-refractivity contribution in [2.45, 2.75) is 11.4 Å². The van der Waals surface area contributed by atoms with Crippen LogP contribution in [0.15, 0.2) is 65.2 Å². The number of rotatable bonds is 3. The van der Waals surface area contributed by atoms with Crippen LogP contribution in [0.25, 0.3) is 5.76 Å². The molecule has 0 aromatic heterocycles. The first-order valence-corrected chi connectivity index (χ1v) is 8.26. The standard InChI is InChI=1S/C16H14N2O4S/c17-16(20)14-15(19)12-8-4-5-9-13(12)23(21,22)18(14)10-11-6-2-1-3-7-11/h1-9,19H,10H2,(H2,17,20). The predicted octanol–water partition coefficient (Wildman–Crippen LogP) is 1.60. The Morgan fingerprint density at radius 2 is 1.65 bits per heavy atom. The number of aliphatic hydroxyl groups excluding tert-OH is 1. The van der Waals surface area contributed by atoms with Crippen LogP contribution in [0.1, 0.15) is 11.1 Å². The first kappa shape index (κ1) is 15.1. The summed E-state index contributed by atoms with van der Waals surface area (Å²) in [5.41, 5.74) is 5.64. The fourth-order valence-electron chi connectivity index (χ4n) is 2.52. The molecule has 0 saturated carbocycles. The fraction of sp³-hybridized carbons (Fsp3) is 0.0625. The van der Waals surface area contributed by atoms with E-state index in [1.165, 1.54) is 12.1 Å². The molecule has 0 unspecified atom stereocenters. The molecule has 0 atom stereocenters. The number of nitrogens with two attached hydrogens (primary N) is 1. The molecule has 0 spiro atoms. The second-order valence-electron chi connectivity index (χ2n) is 5.05. The van der Waals surface area contributed by atoms with E-state index in [1.807, 2.05) is 0 Å². The number of carbonyl (C=O) groups is 1. The Kier molecular flexibility index (Phi) is 3.57. The second kappa shape index (κ2) is 5.44. The maximum absolute atomic E-state index is 12.8. The molecule has 0 radical (unpaired) electrons. The van der Waals surface area contributed by atoms with Gasteiger partial charge in [0.05, 0.1) is 11.4 Å². The molecule has 1 heterocycles. The average molecular weight is 330 g/mol. The Labute approximate surface area is 133 Å². The molecule has 1 aliphatic rings. The van der Waals surface area contributed by atoms with E-state index in [1.54, 1.807) is 42.5 Å². The van der Waals surface area contributed by atoms with E-state index in [0.717, 1.165) is 4.31 Å². The monoisotopic (exact) mass is 330 g/mol. The molecule has 2 aromatic carbocycles. The molecule has 0 aliphatic carbocycles. The van der Waals surface area contributed by atoms with Crippen molar-refractivity contribution in [3.05, 3.63) is 71.4 Å². The molecule has 3 N–H and O–H groups in total. The van der Waals surface area contributed by atoms with E-state index in [-0.39, 0.29) is 17.0 Å². The van der Waals surface area contributed by atoms with Crippen LogP contribution in [0.3, 0.4) is 0 Å². The van der Waals surface area contributed by atoms with Crippen molar-refractivity contribution in [2.24, 2.45) is 5.73 Å². The molecule has 118 valence electrons. The maximum atomic E-state index is 12.8. The minimum absolute atomic E-state index is 0.0570. The van der Waals surface area contributed by atoms with Crippen LogP contribution in [0, 0.1) is 0 Å². The molecular formula is C16H14N2O4S. The first-order chi connectivity index (χ1) is 10.9. The lowest BCUT2D eigenvalue weighted by molar-refractivity contribution is -0.115. The lowest BCUT2D eigenvalue weighted by Crippen LogP contribution is -2.39. The molecule has 23 heavy (non-hydrogen) atoms. The van der Waals surface area contributed by atoms with Gasteiger partial charge in [-0.1, -0.05) is 42.5 Å². The number of benzene rings is 2. The second-order valence-corrected chi connectivity index (χ2v) is 6.89. The van der Waals surface area contributed by atoms with Gasteiger partial charge in [0.2, 0.25) is 0 Å². The summed E-state index contributed by atoms with van der Waals surface area (Å²) in [5.74, 6) is -1.43. The van der Waals surface area contributed by atoms with E-state index < -0.39 is 27.4 Å². The van der Waals surface area contributed by atoms with Crippen molar-refractivity contribution in [3.63, 3.8) is 0 Å². The largest absolute Gasteiger partial charge is 0.505 e. The summed E-state index contributed by atoms with van der Waals surface area (Å²) in [6.07, 6.45) is 0. The molecule has 1 aliphatic heterocycles.